The van der Waals surface area contributed by atoms with Gasteiger partial charge < -0.3 is 19.7 Å². The van der Waals surface area contributed by atoms with Crippen LogP contribution in [0.3, 0.4) is 0 Å². The van der Waals surface area contributed by atoms with Gasteiger partial charge in [-0.3, -0.25) is 0 Å². The summed E-state index contributed by atoms with van der Waals surface area (Å²) in [6, 6.07) is 3.95. The molecule has 1 aromatic carbocycles. The van der Waals surface area contributed by atoms with Crippen LogP contribution in [0, 0.1) is 0 Å². The Morgan fingerprint density at radius 1 is 1.10 bits per heavy atom. The maximum atomic E-state index is 5.33. The molecule has 0 aromatic heterocycles. The van der Waals surface area contributed by atoms with Crippen LogP contribution in [0.25, 0.3) is 0 Å². The average molecular weight is 345 g/mol. The van der Waals surface area contributed by atoms with Gasteiger partial charge in [0.1, 0.15) is 0 Å². The van der Waals surface area contributed by atoms with Gasteiger partial charge in [-0.25, -0.2) is 0 Å². The Bertz CT molecular complexity index is 409. The van der Waals surface area contributed by atoms with E-state index in [0.29, 0.717) is 0 Å². The number of halogens is 1. The summed E-state index contributed by atoms with van der Waals surface area (Å²) in [6.45, 7) is 9.42. The van der Waals surface area contributed by atoms with E-state index in [1.807, 2.05) is 12.1 Å². The lowest BCUT2D eigenvalue weighted by atomic mass is 10.2. The second kappa shape index (κ2) is 9.21. The van der Waals surface area contributed by atoms with Gasteiger partial charge in [-0.2, -0.15) is 0 Å². The number of benzene rings is 1. The molecule has 0 aliphatic heterocycles. The second-order valence-electron chi connectivity index (χ2n) is 4.50. The zero-order valence-electron chi connectivity index (χ0n) is 12.8. The van der Waals surface area contributed by atoms with Crippen LogP contribution in [-0.2, 0) is 6.54 Å². The molecule has 1 N–H and O–H groups in total. The summed E-state index contributed by atoms with van der Waals surface area (Å²) in [5, 5.41) is 3.46. The SMILES string of the molecule is CCN(CC)CCNCc1cc(OC)c(OC)cc1Br. The van der Waals surface area contributed by atoms with Crippen LogP contribution in [-0.4, -0.2) is 45.3 Å². The summed E-state index contributed by atoms with van der Waals surface area (Å²) in [6.07, 6.45) is 0. The molecule has 0 fully saturated rings. The first-order chi connectivity index (χ1) is 9.65. The summed E-state index contributed by atoms with van der Waals surface area (Å²) < 4.78 is 11.6. The molecule has 5 heteroatoms. The Balaban J connectivity index is 2.55. The zero-order valence-corrected chi connectivity index (χ0v) is 14.4. The molecule has 114 valence electrons. The Hall–Kier alpha value is -0.780. The molecule has 0 radical (unpaired) electrons. The third kappa shape index (κ3) is 4.96. The van der Waals surface area contributed by atoms with Crippen LogP contribution in [0.4, 0.5) is 0 Å². The van der Waals surface area contributed by atoms with Crippen molar-refractivity contribution < 1.29 is 9.47 Å². The van der Waals surface area contributed by atoms with Gasteiger partial charge in [-0.15, -0.1) is 0 Å². The standard InChI is InChI=1S/C15H25BrN2O2/c1-5-18(6-2)8-7-17-11-12-9-14(19-3)15(20-4)10-13(12)16/h9-10,17H,5-8,11H2,1-4H3. The van der Waals surface area contributed by atoms with Gasteiger partial charge >= 0.3 is 0 Å². The quantitative estimate of drug-likeness (QED) is 0.698. The molecule has 0 unspecified atom stereocenters. The lowest BCUT2D eigenvalue weighted by Crippen LogP contribution is -2.31. The fourth-order valence-corrected chi connectivity index (χ4v) is 2.49. The molecule has 20 heavy (non-hydrogen) atoms. The predicted molar refractivity (Wildman–Crippen MR) is 86.7 cm³/mol. The molecule has 4 nitrogen and oxygen atoms in total. The van der Waals surface area contributed by atoms with Gasteiger partial charge in [0.05, 0.1) is 14.2 Å². The van der Waals surface area contributed by atoms with Crippen LogP contribution in [0.5, 0.6) is 11.5 Å². The van der Waals surface area contributed by atoms with Crippen molar-refractivity contribution >= 4 is 15.9 Å². The van der Waals surface area contributed by atoms with Gasteiger partial charge in [0.15, 0.2) is 11.5 Å². The lowest BCUT2D eigenvalue weighted by molar-refractivity contribution is 0.302. The largest absolute Gasteiger partial charge is 0.493 e. The number of ether oxygens (including phenoxy) is 2. The molecule has 0 spiro atoms. The Kier molecular flexibility index (Phi) is 7.95. The first-order valence-corrected chi connectivity index (χ1v) is 7.78. The van der Waals surface area contributed by atoms with Gasteiger partial charge in [0, 0.05) is 24.1 Å². The molecule has 0 bridgehead atoms. The Morgan fingerprint density at radius 2 is 1.70 bits per heavy atom. The van der Waals surface area contributed by atoms with E-state index in [4.69, 9.17) is 9.47 Å². The summed E-state index contributed by atoms with van der Waals surface area (Å²) in [4.78, 5) is 2.40. The summed E-state index contributed by atoms with van der Waals surface area (Å²) in [5.41, 5.74) is 1.17. The van der Waals surface area contributed by atoms with Crippen LogP contribution in [0.15, 0.2) is 16.6 Å². The number of nitrogens with zero attached hydrogens (tertiary/aromatic N) is 1. The smallest absolute Gasteiger partial charge is 0.161 e. The van der Waals surface area contributed by atoms with Crippen molar-refractivity contribution in [1.29, 1.82) is 0 Å². The monoisotopic (exact) mass is 344 g/mol. The van der Waals surface area contributed by atoms with Crippen molar-refractivity contribution in [3.63, 3.8) is 0 Å². The topological polar surface area (TPSA) is 33.7 Å². The fourth-order valence-electron chi connectivity index (χ4n) is 2.03. The predicted octanol–water partition coefficient (Wildman–Crippen LogP) is 2.90. The van der Waals surface area contributed by atoms with Gasteiger partial charge in [-0.05, 0) is 30.8 Å². The molecule has 0 aliphatic rings. The molecule has 0 amide bonds. The average Bonchev–Trinajstić information content (AvgIpc) is 2.48. The number of methoxy groups -OCH3 is 2. The van der Waals surface area contributed by atoms with Crippen LogP contribution in [0.1, 0.15) is 19.4 Å². The summed E-state index contributed by atoms with van der Waals surface area (Å²) >= 11 is 3.57. The van der Waals surface area contributed by atoms with Crippen LogP contribution >= 0.6 is 15.9 Å². The van der Waals surface area contributed by atoms with Gasteiger partial charge in [0.2, 0.25) is 0 Å². The molecule has 0 atom stereocenters. The highest BCUT2D eigenvalue weighted by molar-refractivity contribution is 9.10. The third-order valence-electron chi connectivity index (χ3n) is 3.37. The fraction of sp³-hybridized carbons (Fsp3) is 0.600. The van der Waals surface area contributed by atoms with Crippen molar-refractivity contribution in [2.45, 2.75) is 20.4 Å². The van der Waals surface area contributed by atoms with Crippen molar-refractivity contribution in [3.8, 4) is 11.5 Å². The van der Waals surface area contributed by atoms with Gasteiger partial charge in [0.25, 0.3) is 0 Å². The number of hydrogen-bond donors (Lipinski definition) is 1. The van der Waals surface area contributed by atoms with Gasteiger partial charge in [-0.1, -0.05) is 29.8 Å². The minimum Gasteiger partial charge on any atom is -0.493 e. The minimum absolute atomic E-state index is 0.742. The van der Waals surface area contributed by atoms with Crippen molar-refractivity contribution in [3.05, 3.63) is 22.2 Å². The summed E-state index contributed by atoms with van der Waals surface area (Å²) in [7, 11) is 3.30. The highest BCUT2D eigenvalue weighted by Crippen LogP contribution is 2.33. The highest BCUT2D eigenvalue weighted by Gasteiger charge is 2.09. The minimum atomic E-state index is 0.742. The van der Waals surface area contributed by atoms with Crippen molar-refractivity contribution in [2.24, 2.45) is 0 Å². The van der Waals surface area contributed by atoms with Crippen molar-refractivity contribution in [1.82, 2.24) is 10.2 Å². The van der Waals surface area contributed by atoms with E-state index in [0.717, 1.165) is 48.7 Å². The van der Waals surface area contributed by atoms with E-state index in [1.54, 1.807) is 14.2 Å². The zero-order chi connectivity index (χ0) is 15.0. The molecule has 0 aliphatic carbocycles. The maximum absolute atomic E-state index is 5.33. The van der Waals surface area contributed by atoms with E-state index in [-0.39, 0.29) is 0 Å². The first kappa shape index (κ1) is 17.3. The lowest BCUT2D eigenvalue weighted by Gasteiger charge is -2.18. The molecule has 0 saturated carbocycles. The number of rotatable bonds is 9. The number of likely N-dealkylation sites (N-methyl/N-ethyl adjacent to an activating group) is 1. The first-order valence-electron chi connectivity index (χ1n) is 6.99. The molecular weight excluding hydrogens is 320 g/mol. The Labute approximate surface area is 130 Å². The van der Waals surface area contributed by atoms with E-state index in [2.05, 4.69) is 40.0 Å². The third-order valence-corrected chi connectivity index (χ3v) is 4.11. The highest BCUT2D eigenvalue weighted by atomic mass is 79.9. The van der Waals surface area contributed by atoms with Crippen LogP contribution in [0.2, 0.25) is 0 Å². The number of hydrogen-bond acceptors (Lipinski definition) is 4. The molecule has 1 aromatic rings. The van der Waals surface area contributed by atoms with E-state index in [1.165, 1.54) is 5.56 Å². The maximum Gasteiger partial charge on any atom is 0.161 e. The van der Waals surface area contributed by atoms with E-state index in [9.17, 15) is 0 Å². The van der Waals surface area contributed by atoms with Crippen LogP contribution < -0.4 is 14.8 Å². The molecular formula is C15H25BrN2O2. The molecule has 1 rings (SSSR count). The van der Waals surface area contributed by atoms with Crippen molar-refractivity contribution in [2.75, 3.05) is 40.4 Å². The second-order valence-corrected chi connectivity index (χ2v) is 5.36. The molecule has 0 heterocycles. The summed E-state index contributed by atoms with van der Waals surface area (Å²) in [5.74, 6) is 1.50. The normalized spacial score (nSPS) is 10.9. The van der Waals surface area contributed by atoms with E-state index >= 15 is 0 Å². The van der Waals surface area contributed by atoms with E-state index < -0.39 is 0 Å². The molecule has 0 saturated heterocycles. The number of nitrogens with one attached hydrogen (secondary N) is 1. The Morgan fingerprint density at radius 3 is 2.25 bits per heavy atom.